The first-order valence-electron chi connectivity index (χ1n) is 11.6. The van der Waals surface area contributed by atoms with E-state index in [9.17, 15) is 18.0 Å². The first kappa shape index (κ1) is 26.6. The second-order valence-electron chi connectivity index (χ2n) is 9.61. The second kappa shape index (κ2) is 10.3. The van der Waals surface area contributed by atoms with Crippen LogP contribution in [0.4, 0.5) is 0 Å². The number of nitrogens with zero attached hydrogens (tertiary/aromatic N) is 1. The number of benzene rings is 2. The third kappa shape index (κ3) is 5.65. The van der Waals surface area contributed by atoms with Crippen molar-refractivity contribution in [2.24, 2.45) is 5.41 Å². The molecule has 35 heavy (non-hydrogen) atoms. The van der Waals surface area contributed by atoms with Crippen molar-refractivity contribution in [2.45, 2.75) is 58.0 Å². The van der Waals surface area contributed by atoms with E-state index in [1.54, 1.807) is 82.3 Å². The average molecular weight is 500 g/mol. The summed E-state index contributed by atoms with van der Waals surface area (Å²) in [4.78, 5) is 26.1. The summed E-state index contributed by atoms with van der Waals surface area (Å²) in [5.41, 5.74) is 1.02. The number of hydrogen-bond acceptors (Lipinski definition) is 6. The highest BCUT2D eigenvalue weighted by Gasteiger charge is 2.47. The fourth-order valence-corrected chi connectivity index (χ4v) is 5.73. The number of rotatable bonds is 8. The SMILES string of the molecule is CCOC(=O)C1=C[C@@H](CC(=O)C(C)(C)C)N(S(=O)(=O)c2ccc(C)cc2)[C@H]1c1ccc(OC)cc1. The van der Waals surface area contributed by atoms with Crippen molar-refractivity contribution < 1.29 is 27.5 Å². The van der Waals surface area contributed by atoms with Gasteiger partial charge in [-0.3, -0.25) is 4.79 Å². The Morgan fingerprint density at radius 2 is 1.60 bits per heavy atom. The van der Waals surface area contributed by atoms with Gasteiger partial charge in [0.1, 0.15) is 11.5 Å². The molecule has 0 unspecified atom stereocenters. The van der Waals surface area contributed by atoms with E-state index in [2.05, 4.69) is 0 Å². The minimum atomic E-state index is -4.10. The predicted octanol–water partition coefficient (Wildman–Crippen LogP) is 4.61. The molecular formula is C27H33NO6S. The number of Topliss-reactive ketones (excluding diaryl/α,β-unsaturated/α-hetero) is 1. The fraction of sp³-hybridized carbons (Fsp3) is 0.407. The predicted molar refractivity (Wildman–Crippen MR) is 134 cm³/mol. The van der Waals surface area contributed by atoms with E-state index in [-0.39, 0.29) is 29.3 Å². The van der Waals surface area contributed by atoms with Crippen LogP contribution in [0.1, 0.15) is 51.3 Å². The second-order valence-corrected chi connectivity index (χ2v) is 11.5. The Bertz CT molecular complexity index is 1210. The summed E-state index contributed by atoms with van der Waals surface area (Å²) < 4.78 is 39.9. The monoisotopic (exact) mass is 499 g/mol. The number of aryl methyl sites for hydroxylation is 1. The van der Waals surface area contributed by atoms with Crippen LogP contribution < -0.4 is 4.74 Å². The lowest BCUT2D eigenvalue weighted by Gasteiger charge is -2.32. The van der Waals surface area contributed by atoms with Gasteiger partial charge in [-0.15, -0.1) is 0 Å². The lowest BCUT2D eigenvalue weighted by atomic mass is 9.87. The molecule has 0 aromatic heterocycles. The molecule has 3 rings (SSSR count). The zero-order valence-corrected chi connectivity index (χ0v) is 21.9. The molecule has 2 aromatic rings. The molecule has 0 saturated heterocycles. The molecule has 0 radical (unpaired) electrons. The van der Waals surface area contributed by atoms with Crippen LogP contribution in [0.5, 0.6) is 5.75 Å². The van der Waals surface area contributed by atoms with Crippen molar-refractivity contribution in [1.29, 1.82) is 0 Å². The molecule has 1 heterocycles. The fourth-order valence-electron chi connectivity index (χ4n) is 4.00. The summed E-state index contributed by atoms with van der Waals surface area (Å²) in [6.45, 7) is 9.08. The summed E-state index contributed by atoms with van der Waals surface area (Å²) in [6.07, 6.45) is 1.51. The Morgan fingerprint density at radius 3 is 2.11 bits per heavy atom. The van der Waals surface area contributed by atoms with Crippen molar-refractivity contribution in [3.05, 3.63) is 71.3 Å². The summed E-state index contributed by atoms with van der Waals surface area (Å²) in [6, 6.07) is 11.6. The summed E-state index contributed by atoms with van der Waals surface area (Å²) in [5.74, 6) is -0.120. The molecule has 1 aliphatic heterocycles. The van der Waals surface area contributed by atoms with E-state index in [1.165, 1.54) is 11.4 Å². The lowest BCUT2D eigenvalue weighted by molar-refractivity contribution is -0.139. The maximum absolute atomic E-state index is 14.0. The Labute approximate surface area is 207 Å². The van der Waals surface area contributed by atoms with E-state index in [0.717, 1.165) is 5.56 Å². The Hall–Kier alpha value is -2.97. The van der Waals surface area contributed by atoms with Gasteiger partial charge < -0.3 is 9.47 Å². The number of carbonyl (C=O) groups is 2. The Morgan fingerprint density at radius 1 is 1.00 bits per heavy atom. The molecule has 0 saturated carbocycles. The molecule has 0 N–H and O–H groups in total. The van der Waals surface area contributed by atoms with Crippen LogP contribution in [0.2, 0.25) is 0 Å². The molecule has 8 heteroatoms. The molecule has 0 aliphatic carbocycles. The van der Waals surface area contributed by atoms with Crippen LogP contribution in [0.3, 0.4) is 0 Å². The third-order valence-corrected chi connectivity index (χ3v) is 7.92. The van der Waals surface area contributed by atoms with E-state index < -0.39 is 33.5 Å². The van der Waals surface area contributed by atoms with Gasteiger partial charge in [-0.2, -0.15) is 4.31 Å². The molecule has 1 aliphatic rings. The maximum Gasteiger partial charge on any atom is 0.335 e. The van der Waals surface area contributed by atoms with Crippen molar-refractivity contribution in [3.8, 4) is 5.75 Å². The van der Waals surface area contributed by atoms with Gasteiger partial charge in [-0.05, 0) is 43.7 Å². The van der Waals surface area contributed by atoms with Gasteiger partial charge in [-0.1, -0.05) is 56.7 Å². The molecule has 2 aromatic carbocycles. The van der Waals surface area contributed by atoms with Crippen LogP contribution in [0, 0.1) is 12.3 Å². The Balaban J connectivity index is 2.20. The number of hydrogen-bond donors (Lipinski definition) is 0. The van der Waals surface area contributed by atoms with Crippen LogP contribution in [-0.2, 0) is 24.3 Å². The number of methoxy groups -OCH3 is 1. The number of esters is 1. The van der Waals surface area contributed by atoms with Crippen LogP contribution in [0.25, 0.3) is 0 Å². The molecule has 0 bridgehead atoms. The molecular weight excluding hydrogens is 466 g/mol. The van der Waals surface area contributed by atoms with E-state index in [0.29, 0.717) is 11.3 Å². The molecule has 0 amide bonds. The van der Waals surface area contributed by atoms with Crippen molar-refractivity contribution in [3.63, 3.8) is 0 Å². The van der Waals surface area contributed by atoms with E-state index in [1.807, 2.05) is 6.92 Å². The summed E-state index contributed by atoms with van der Waals surface area (Å²) in [7, 11) is -2.56. The highest BCUT2D eigenvalue weighted by atomic mass is 32.2. The van der Waals surface area contributed by atoms with Gasteiger partial charge in [0.2, 0.25) is 10.0 Å². The highest BCUT2D eigenvalue weighted by molar-refractivity contribution is 7.89. The van der Waals surface area contributed by atoms with Crippen molar-refractivity contribution in [2.75, 3.05) is 13.7 Å². The zero-order chi connectivity index (χ0) is 26.0. The van der Waals surface area contributed by atoms with Gasteiger partial charge in [0.15, 0.2) is 0 Å². The van der Waals surface area contributed by atoms with Gasteiger partial charge in [0.25, 0.3) is 0 Å². The molecule has 2 atom stereocenters. The number of ether oxygens (including phenoxy) is 2. The smallest absolute Gasteiger partial charge is 0.335 e. The minimum Gasteiger partial charge on any atom is -0.497 e. The largest absolute Gasteiger partial charge is 0.497 e. The highest BCUT2D eigenvalue weighted by Crippen LogP contribution is 2.43. The first-order chi connectivity index (χ1) is 16.4. The number of ketones is 1. The minimum absolute atomic E-state index is 0.0653. The quantitative estimate of drug-likeness (QED) is 0.493. The first-order valence-corrected chi connectivity index (χ1v) is 13.0. The van der Waals surface area contributed by atoms with E-state index >= 15 is 0 Å². The lowest BCUT2D eigenvalue weighted by Crippen LogP contribution is -2.41. The zero-order valence-electron chi connectivity index (χ0n) is 21.1. The van der Waals surface area contributed by atoms with Gasteiger partial charge in [-0.25, -0.2) is 13.2 Å². The number of sulfonamides is 1. The van der Waals surface area contributed by atoms with Gasteiger partial charge in [0, 0.05) is 11.8 Å². The van der Waals surface area contributed by atoms with Gasteiger partial charge >= 0.3 is 5.97 Å². The van der Waals surface area contributed by atoms with Crippen LogP contribution in [-0.4, -0.2) is 44.2 Å². The standard InChI is InChI=1S/C27H33NO6S/c1-7-34-26(30)23-16-20(17-24(29)27(3,4)5)28(25(23)19-10-12-21(33-6)13-11-19)35(31,32)22-14-8-18(2)9-15-22/h8-16,20,25H,7,17H2,1-6H3/t20-,25-/m0/s1. The maximum atomic E-state index is 14.0. The van der Waals surface area contributed by atoms with Crippen LogP contribution >= 0.6 is 0 Å². The molecule has 188 valence electrons. The molecule has 7 nitrogen and oxygen atoms in total. The molecule has 0 spiro atoms. The van der Waals surface area contributed by atoms with Crippen LogP contribution in [0.15, 0.2) is 65.1 Å². The third-order valence-electron chi connectivity index (χ3n) is 6.02. The molecule has 0 fully saturated rings. The number of carbonyl (C=O) groups excluding carboxylic acids is 2. The average Bonchev–Trinajstić information content (AvgIpc) is 3.19. The Kier molecular flexibility index (Phi) is 7.87. The normalized spacial score (nSPS) is 18.7. The van der Waals surface area contributed by atoms with E-state index in [4.69, 9.17) is 9.47 Å². The topological polar surface area (TPSA) is 90.0 Å². The summed E-state index contributed by atoms with van der Waals surface area (Å²) >= 11 is 0. The van der Waals surface area contributed by atoms with Crippen molar-refractivity contribution >= 4 is 21.8 Å². The van der Waals surface area contributed by atoms with Gasteiger partial charge in [0.05, 0.1) is 36.3 Å². The summed E-state index contributed by atoms with van der Waals surface area (Å²) in [5, 5.41) is 0. The van der Waals surface area contributed by atoms with Crippen molar-refractivity contribution in [1.82, 2.24) is 4.31 Å².